The molecule has 0 radical (unpaired) electrons. The Labute approximate surface area is 128 Å². The molecular weight excluding hydrogens is 297 g/mol. The van der Waals surface area contributed by atoms with Gasteiger partial charge in [-0.2, -0.15) is 0 Å². The van der Waals surface area contributed by atoms with Crippen LogP contribution in [0.1, 0.15) is 24.1 Å². The molecule has 2 aromatic rings. The molecule has 0 saturated heterocycles. The van der Waals surface area contributed by atoms with Crippen LogP contribution in [0.5, 0.6) is 0 Å². The molecule has 6 heteroatoms. The largest absolute Gasteiger partial charge is 0.391 e. The molecular formula is C14H15Cl2N3O. The highest BCUT2D eigenvalue weighted by Crippen LogP contribution is 2.31. The second-order valence-electron chi connectivity index (χ2n) is 4.43. The molecule has 0 aliphatic carbocycles. The third-order valence-electron chi connectivity index (χ3n) is 3.30. The van der Waals surface area contributed by atoms with Crippen LogP contribution in [0.2, 0.25) is 10.2 Å². The summed E-state index contributed by atoms with van der Waals surface area (Å²) in [5.74, 6) is 0.597. The number of rotatable bonds is 4. The van der Waals surface area contributed by atoms with E-state index < -0.39 is 0 Å². The van der Waals surface area contributed by atoms with Crippen LogP contribution in [-0.4, -0.2) is 22.1 Å². The smallest absolute Gasteiger partial charge is 0.140 e. The molecule has 1 aromatic carbocycles. The minimum Gasteiger partial charge on any atom is -0.391 e. The van der Waals surface area contributed by atoms with Gasteiger partial charge in [-0.25, -0.2) is 9.97 Å². The number of anilines is 1. The van der Waals surface area contributed by atoms with Crippen molar-refractivity contribution in [2.45, 2.75) is 19.6 Å². The fourth-order valence-electron chi connectivity index (χ4n) is 2.03. The maximum Gasteiger partial charge on any atom is 0.140 e. The molecule has 2 rings (SSSR count). The number of halogens is 2. The minimum absolute atomic E-state index is 0.0139. The van der Waals surface area contributed by atoms with E-state index in [1.165, 1.54) is 6.33 Å². The van der Waals surface area contributed by atoms with Crippen LogP contribution in [0.4, 0.5) is 5.82 Å². The number of aliphatic hydroxyl groups is 1. The molecule has 0 spiro atoms. The van der Waals surface area contributed by atoms with E-state index in [0.717, 1.165) is 5.56 Å². The summed E-state index contributed by atoms with van der Waals surface area (Å²) in [6.07, 6.45) is 1.38. The Balaban J connectivity index is 2.39. The van der Waals surface area contributed by atoms with Crippen molar-refractivity contribution in [1.29, 1.82) is 0 Å². The van der Waals surface area contributed by atoms with Crippen molar-refractivity contribution in [3.63, 3.8) is 0 Å². The highest BCUT2D eigenvalue weighted by molar-refractivity contribution is 6.31. The number of hydrogen-bond acceptors (Lipinski definition) is 4. The molecule has 106 valence electrons. The van der Waals surface area contributed by atoms with E-state index >= 15 is 0 Å². The molecule has 0 aliphatic heterocycles. The molecule has 1 N–H and O–H groups in total. The SMILES string of the molecule is CC(c1ccccc1Cl)N(C)c1ncnc(Cl)c1CO. The van der Waals surface area contributed by atoms with Crippen LogP contribution < -0.4 is 4.90 Å². The maximum atomic E-state index is 9.44. The van der Waals surface area contributed by atoms with Gasteiger partial charge in [0.25, 0.3) is 0 Å². The van der Waals surface area contributed by atoms with Crippen LogP contribution in [-0.2, 0) is 6.61 Å². The molecule has 0 saturated carbocycles. The molecule has 1 atom stereocenters. The highest BCUT2D eigenvalue weighted by Gasteiger charge is 2.20. The molecule has 0 fully saturated rings. The summed E-state index contributed by atoms with van der Waals surface area (Å²) < 4.78 is 0. The van der Waals surface area contributed by atoms with Gasteiger partial charge in [0.2, 0.25) is 0 Å². The van der Waals surface area contributed by atoms with E-state index in [9.17, 15) is 5.11 Å². The summed E-state index contributed by atoms with van der Waals surface area (Å²) in [5.41, 5.74) is 1.49. The Hall–Kier alpha value is -1.36. The van der Waals surface area contributed by atoms with Gasteiger partial charge in [-0.05, 0) is 18.6 Å². The summed E-state index contributed by atoms with van der Waals surface area (Å²) in [6.45, 7) is 1.80. The summed E-state index contributed by atoms with van der Waals surface area (Å²) in [5, 5.41) is 10.4. The Bertz CT molecular complexity index is 607. The Kier molecular flexibility index (Phi) is 4.81. The lowest BCUT2D eigenvalue weighted by atomic mass is 10.1. The van der Waals surface area contributed by atoms with Crippen LogP contribution in [0.3, 0.4) is 0 Å². The number of nitrogens with zero attached hydrogens (tertiary/aromatic N) is 3. The quantitative estimate of drug-likeness (QED) is 0.878. The minimum atomic E-state index is -0.214. The maximum absolute atomic E-state index is 9.44. The topological polar surface area (TPSA) is 49.2 Å². The Morgan fingerprint density at radius 2 is 1.95 bits per heavy atom. The van der Waals surface area contributed by atoms with Crippen molar-refractivity contribution in [2.75, 3.05) is 11.9 Å². The molecule has 1 unspecified atom stereocenters. The van der Waals surface area contributed by atoms with Gasteiger partial charge in [-0.1, -0.05) is 41.4 Å². The number of aliphatic hydroxyl groups excluding tert-OH is 1. The van der Waals surface area contributed by atoms with E-state index in [0.29, 0.717) is 16.4 Å². The average Bonchev–Trinajstić information content (AvgIpc) is 2.46. The molecule has 0 amide bonds. The first-order valence-electron chi connectivity index (χ1n) is 6.13. The normalized spacial score (nSPS) is 12.2. The van der Waals surface area contributed by atoms with Crippen molar-refractivity contribution in [3.8, 4) is 0 Å². The van der Waals surface area contributed by atoms with E-state index in [-0.39, 0.29) is 17.8 Å². The van der Waals surface area contributed by atoms with E-state index in [1.807, 2.05) is 43.1 Å². The first-order chi connectivity index (χ1) is 9.56. The summed E-state index contributed by atoms with van der Waals surface area (Å²) in [4.78, 5) is 10.0. The van der Waals surface area contributed by atoms with E-state index in [2.05, 4.69) is 9.97 Å². The first-order valence-corrected chi connectivity index (χ1v) is 6.89. The number of hydrogen-bond donors (Lipinski definition) is 1. The summed E-state index contributed by atoms with van der Waals surface area (Å²) in [7, 11) is 1.88. The second-order valence-corrected chi connectivity index (χ2v) is 5.20. The molecule has 1 aromatic heterocycles. The van der Waals surface area contributed by atoms with Crippen molar-refractivity contribution in [3.05, 3.63) is 51.9 Å². The predicted octanol–water partition coefficient (Wildman–Crippen LogP) is 3.47. The second kappa shape index (κ2) is 6.39. The lowest BCUT2D eigenvalue weighted by Crippen LogP contribution is -2.24. The third kappa shape index (κ3) is 2.87. The van der Waals surface area contributed by atoms with Gasteiger partial charge in [0, 0.05) is 12.1 Å². The van der Waals surface area contributed by atoms with E-state index in [1.54, 1.807) is 0 Å². The Morgan fingerprint density at radius 1 is 1.25 bits per heavy atom. The van der Waals surface area contributed by atoms with Crippen molar-refractivity contribution in [2.24, 2.45) is 0 Å². The van der Waals surface area contributed by atoms with Crippen molar-refractivity contribution < 1.29 is 5.11 Å². The molecule has 0 aliphatic rings. The predicted molar refractivity (Wildman–Crippen MR) is 81.2 cm³/mol. The molecule has 0 bridgehead atoms. The number of aromatic nitrogens is 2. The van der Waals surface area contributed by atoms with Crippen molar-refractivity contribution >= 4 is 29.0 Å². The zero-order valence-corrected chi connectivity index (χ0v) is 12.7. The monoisotopic (exact) mass is 311 g/mol. The molecule has 20 heavy (non-hydrogen) atoms. The summed E-state index contributed by atoms with van der Waals surface area (Å²) in [6, 6.07) is 7.62. The molecule has 4 nitrogen and oxygen atoms in total. The number of benzene rings is 1. The lowest BCUT2D eigenvalue weighted by Gasteiger charge is -2.28. The van der Waals surface area contributed by atoms with Gasteiger partial charge >= 0.3 is 0 Å². The van der Waals surface area contributed by atoms with Crippen molar-refractivity contribution in [1.82, 2.24) is 9.97 Å². The van der Waals surface area contributed by atoms with Gasteiger partial charge in [0.15, 0.2) is 0 Å². The first kappa shape index (κ1) is 15.0. The van der Waals surface area contributed by atoms with Crippen LogP contribution in [0.15, 0.2) is 30.6 Å². The lowest BCUT2D eigenvalue weighted by molar-refractivity contribution is 0.281. The zero-order chi connectivity index (χ0) is 14.7. The van der Waals surface area contributed by atoms with Gasteiger partial charge in [-0.3, -0.25) is 0 Å². The Morgan fingerprint density at radius 3 is 2.60 bits per heavy atom. The fraction of sp³-hybridized carbons (Fsp3) is 0.286. The summed E-state index contributed by atoms with van der Waals surface area (Å²) >= 11 is 12.2. The van der Waals surface area contributed by atoms with Crippen LogP contribution in [0.25, 0.3) is 0 Å². The van der Waals surface area contributed by atoms with Crippen LogP contribution >= 0.6 is 23.2 Å². The highest BCUT2D eigenvalue weighted by atomic mass is 35.5. The zero-order valence-electron chi connectivity index (χ0n) is 11.2. The van der Waals surface area contributed by atoms with Gasteiger partial charge < -0.3 is 10.0 Å². The fourth-order valence-corrected chi connectivity index (χ4v) is 2.51. The van der Waals surface area contributed by atoms with Gasteiger partial charge in [0.1, 0.15) is 17.3 Å². The van der Waals surface area contributed by atoms with Crippen LogP contribution in [0, 0.1) is 0 Å². The standard InChI is InChI=1S/C14H15Cl2N3O/c1-9(10-5-3-4-6-12(10)15)19(2)14-11(7-20)13(16)17-8-18-14/h3-6,8-9,20H,7H2,1-2H3. The average molecular weight is 312 g/mol. The molecule has 1 heterocycles. The van der Waals surface area contributed by atoms with Gasteiger partial charge in [0.05, 0.1) is 18.2 Å². The van der Waals surface area contributed by atoms with Gasteiger partial charge in [-0.15, -0.1) is 0 Å². The van der Waals surface area contributed by atoms with E-state index in [4.69, 9.17) is 23.2 Å². The third-order valence-corrected chi connectivity index (χ3v) is 3.97.